The minimum absolute atomic E-state index is 1.08. The third-order valence-corrected chi connectivity index (χ3v) is 4.25. The van der Waals surface area contributed by atoms with Crippen LogP contribution in [0.1, 0.15) is 0 Å². The van der Waals surface area contributed by atoms with E-state index in [-0.39, 0.29) is 0 Å². The first-order valence-electron chi connectivity index (χ1n) is 6.84. The maximum Gasteiger partial charge on any atom is 0.0714 e. The van der Waals surface area contributed by atoms with Gasteiger partial charge in [-0.25, -0.2) is 0 Å². The first-order valence-corrected chi connectivity index (χ1v) is 6.84. The molecule has 5 aromatic rings. The third-order valence-electron chi connectivity index (χ3n) is 4.25. The van der Waals surface area contributed by atoms with Gasteiger partial charge in [0.15, 0.2) is 0 Å². The number of nitrogens with zero attached hydrogens (tertiary/aromatic N) is 1. The normalized spacial score (nSPS) is 12.0. The minimum atomic E-state index is 1.08. The van der Waals surface area contributed by atoms with E-state index < -0.39 is 0 Å². The Bertz CT molecular complexity index is 923. The first-order chi connectivity index (χ1) is 9.93. The van der Waals surface area contributed by atoms with Crippen molar-refractivity contribution in [3.8, 4) is 0 Å². The Morgan fingerprint density at radius 2 is 1.15 bits per heavy atom. The quantitative estimate of drug-likeness (QED) is 0.275. The summed E-state index contributed by atoms with van der Waals surface area (Å²) in [5, 5.41) is 9.19. The van der Waals surface area contributed by atoms with Gasteiger partial charge in [0.2, 0.25) is 0 Å². The molecular formula is C19H11N. The van der Waals surface area contributed by atoms with Crippen molar-refractivity contribution in [2.45, 2.75) is 0 Å². The lowest BCUT2D eigenvalue weighted by atomic mass is 9.91. The summed E-state index contributed by atoms with van der Waals surface area (Å²) in [7, 11) is 0. The summed E-state index contributed by atoms with van der Waals surface area (Å²) in [4.78, 5) is 4.52. The van der Waals surface area contributed by atoms with E-state index in [1.807, 2.05) is 6.20 Å². The van der Waals surface area contributed by atoms with Gasteiger partial charge in [-0.1, -0.05) is 48.5 Å². The van der Waals surface area contributed by atoms with Gasteiger partial charge in [0.05, 0.1) is 5.52 Å². The van der Waals surface area contributed by atoms with Crippen LogP contribution in [0, 0.1) is 0 Å². The lowest BCUT2D eigenvalue weighted by Crippen LogP contribution is -1.87. The van der Waals surface area contributed by atoms with E-state index >= 15 is 0 Å². The second-order valence-corrected chi connectivity index (χ2v) is 5.27. The van der Waals surface area contributed by atoms with Crippen LogP contribution in [0.4, 0.5) is 0 Å². The second kappa shape index (κ2) is 3.45. The number of hydrogen-bond acceptors (Lipinski definition) is 1. The molecule has 1 nitrogen and oxygen atoms in total. The molecule has 0 unspecified atom stereocenters. The molecule has 92 valence electrons. The van der Waals surface area contributed by atoms with E-state index in [4.69, 9.17) is 0 Å². The topological polar surface area (TPSA) is 12.9 Å². The molecule has 5 rings (SSSR count). The molecule has 0 saturated carbocycles. The molecule has 0 aliphatic carbocycles. The van der Waals surface area contributed by atoms with Crippen molar-refractivity contribution < 1.29 is 0 Å². The van der Waals surface area contributed by atoms with Gasteiger partial charge in [-0.2, -0.15) is 0 Å². The summed E-state index contributed by atoms with van der Waals surface area (Å²) >= 11 is 0. The third kappa shape index (κ3) is 1.11. The van der Waals surface area contributed by atoms with Crippen LogP contribution < -0.4 is 0 Å². The van der Waals surface area contributed by atoms with Crippen molar-refractivity contribution in [2.75, 3.05) is 0 Å². The standard InChI is InChI=1S/C19H11N/c1-4-12-5-2-7-14-16-10-11-20-17-9-3-8-15(19(16)17)13(6-1)18(12)14/h1-11H. The molecule has 1 heterocycles. The van der Waals surface area contributed by atoms with Crippen LogP contribution in [0.5, 0.6) is 0 Å². The highest BCUT2D eigenvalue weighted by molar-refractivity contribution is 6.32. The average molecular weight is 253 g/mol. The van der Waals surface area contributed by atoms with Gasteiger partial charge in [0, 0.05) is 11.6 Å². The van der Waals surface area contributed by atoms with Crippen molar-refractivity contribution in [1.82, 2.24) is 4.98 Å². The Morgan fingerprint density at radius 1 is 0.550 bits per heavy atom. The fraction of sp³-hybridized carbons (Fsp3) is 0. The van der Waals surface area contributed by atoms with Gasteiger partial charge in [0.1, 0.15) is 0 Å². The molecule has 0 amide bonds. The second-order valence-electron chi connectivity index (χ2n) is 5.27. The van der Waals surface area contributed by atoms with Crippen molar-refractivity contribution in [3.63, 3.8) is 0 Å². The van der Waals surface area contributed by atoms with E-state index in [2.05, 4.69) is 65.6 Å². The Morgan fingerprint density at radius 3 is 1.90 bits per heavy atom. The summed E-state index contributed by atoms with van der Waals surface area (Å²) in [5.41, 5.74) is 1.08. The molecule has 1 aromatic heterocycles. The molecule has 0 N–H and O–H groups in total. The fourth-order valence-electron chi connectivity index (χ4n) is 3.44. The highest BCUT2D eigenvalue weighted by Gasteiger charge is 2.11. The van der Waals surface area contributed by atoms with Crippen LogP contribution in [-0.4, -0.2) is 4.98 Å². The molecule has 4 aromatic carbocycles. The molecule has 0 atom stereocenters. The van der Waals surface area contributed by atoms with Gasteiger partial charge >= 0.3 is 0 Å². The Kier molecular flexibility index (Phi) is 1.75. The van der Waals surface area contributed by atoms with Gasteiger partial charge in [-0.05, 0) is 44.5 Å². The zero-order chi connectivity index (χ0) is 13.1. The molecule has 0 fully saturated rings. The fourth-order valence-corrected chi connectivity index (χ4v) is 3.44. The highest BCUT2D eigenvalue weighted by Crippen LogP contribution is 2.38. The molecule has 20 heavy (non-hydrogen) atoms. The summed E-state index contributed by atoms with van der Waals surface area (Å²) < 4.78 is 0. The molecule has 0 saturated heterocycles. The zero-order valence-electron chi connectivity index (χ0n) is 10.8. The van der Waals surface area contributed by atoms with E-state index in [1.54, 1.807) is 0 Å². The maximum absolute atomic E-state index is 4.52. The van der Waals surface area contributed by atoms with Crippen LogP contribution in [0.15, 0.2) is 66.9 Å². The molecule has 1 heteroatoms. The van der Waals surface area contributed by atoms with Crippen LogP contribution in [0.3, 0.4) is 0 Å². The summed E-state index contributed by atoms with van der Waals surface area (Å²) in [6, 6.07) is 21.6. The van der Waals surface area contributed by atoms with Crippen LogP contribution in [0.25, 0.3) is 43.2 Å². The molecule has 0 aliphatic rings. The Labute approximate surface area is 115 Å². The van der Waals surface area contributed by atoms with E-state index in [1.165, 1.54) is 37.7 Å². The van der Waals surface area contributed by atoms with Gasteiger partial charge in [-0.15, -0.1) is 0 Å². The Hall–Kier alpha value is -2.67. The molecule has 0 radical (unpaired) electrons. The largest absolute Gasteiger partial charge is 0.256 e. The van der Waals surface area contributed by atoms with Gasteiger partial charge in [-0.3, -0.25) is 4.98 Å². The lowest BCUT2D eigenvalue weighted by Gasteiger charge is -2.13. The Balaban J connectivity index is 2.32. The molecular weight excluding hydrogens is 242 g/mol. The number of aromatic nitrogens is 1. The van der Waals surface area contributed by atoms with Gasteiger partial charge in [0.25, 0.3) is 0 Å². The van der Waals surface area contributed by atoms with E-state index in [0.29, 0.717) is 0 Å². The summed E-state index contributed by atoms with van der Waals surface area (Å²) in [6.07, 6.45) is 1.91. The number of rotatable bonds is 0. The van der Waals surface area contributed by atoms with Crippen LogP contribution >= 0.6 is 0 Å². The first kappa shape index (κ1) is 10.2. The molecule has 0 spiro atoms. The lowest BCUT2D eigenvalue weighted by molar-refractivity contribution is 1.43. The van der Waals surface area contributed by atoms with Crippen LogP contribution in [-0.2, 0) is 0 Å². The smallest absolute Gasteiger partial charge is 0.0714 e. The molecule has 0 aliphatic heterocycles. The van der Waals surface area contributed by atoms with Gasteiger partial charge < -0.3 is 0 Å². The maximum atomic E-state index is 4.52. The summed E-state index contributed by atoms with van der Waals surface area (Å²) in [6.45, 7) is 0. The highest BCUT2D eigenvalue weighted by atomic mass is 14.6. The number of fused-ring (bicyclic) bond motifs is 2. The predicted molar refractivity (Wildman–Crippen MR) is 85.4 cm³/mol. The molecule has 0 bridgehead atoms. The van der Waals surface area contributed by atoms with Crippen molar-refractivity contribution in [1.29, 1.82) is 0 Å². The van der Waals surface area contributed by atoms with E-state index in [9.17, 15) is 0 Å². The van der Waals surface area contributed by atoms with Crippen molar-refractivity contribution in [2.24, 2.45) is 0 Å². The number of hydrogen-bond donors (Lipinski definition) is 0. The SMILES string of the molecule is c1cc2cccc3c4ccnc5cccc(c(c1)c23)c54. The number of benzene rings is 4. The number of pyridine rings is 1. The van der Waals surface area contributed by atoms with Crippen LogP contribution in [0.2, 0.25) is 0 Å². The minimum Gasteiger partial charge on any atom is -0.256 e. The summed E-state index contributed by atoms with van der Waals surface area (Å²) in [5.74, 6) is 0. The van der Waals surface area contributed by atoms with Crippen molar-refractivity contribution in [3.05, 3.63) is 66.9 Å². The van der Waals surface area contributed by atoms with E-state index in [0.717, 1.165) is 5.52 Å². The van der Waals surface area contributed by atoms with Crippen molar-refractivity contribution >= 4 is 43.2 Å². The zero-order valence-corrected chi connectivity index (χ0v) is 10.8. The monoisotopic (exact) mass is 253 g/mol. The average Bonchev–Trinajstić information content (AvgIpc) is 2.52. The predicted octanol–water partition coefficient (Wildman–Crippen LogP) is 5.13.